The summed E-state index contributed by atoms with van der Waals surface area (Å²) in [6.07, 6.45) is 1.68. The number of H-pyrrole nitrogens is 1. The molecule has 0 fully saturated rings. The van der Waals surface area contributed by atoms with Gasteiger partial charge in [-0.1, -0.05) is 23.2 Å². The van der Waals surface area contributed by atoms with Gasteiger partial charge in [0.1, 0.15) is 5.82 Å². The number of aromatic amines is 1. The van der Waals surface area contributed by atoms with Gasteiger partial charge in [0.25, 0.3) is 0 Å². The molecule has 0 saturated heterocycles. The number of nitrogens with one attached hydrogen (secondary N) is 1. The van der Waals surface area contributed by atoms with Crippen LogP contribution in [0.1, 0.15) is 5.69 Å². The molecule has 5 heteroatoms. The summed E-state index contributed by atoms with van der Waals surface area (Å²) in [4.78, 5) is 7.12. The molecule has 2 rings (SSSR count). The van der Waals surface area contributed by atoms with Crippen LogP contribution < -0.4 is 0 Å². The lowest BCUT2D eigenvalue weighted by atomic mass is 10.2. The minimum atomic E-state index is -0.606. The van der Waals surface area contributed by atoms with Gasteiger partial charge in [-0.05, 0) is 19.1 Å². The number of hydrogen-bond donors (Lipinski definition) is 1. The lowest BCUT2D eigenvalue weighted by Crippen LogP contribution is -1.85. The predicted octanol–water partition coefficient (Wildman–Crippen LogP) is 3.83. The van der Waals surface area contributed by atoms with Crippen molar-refractivity contribution in [3.05, 3.63) is 39.9 Å². The summed E-state index contributed by atoms with van der Waals surface area (Å²) in [5.41, 5.74) is 1.58. The van der Waals surface area contributed by atoms with E-state index in [-0.39, 0.29) is 10.0 Å². The van der Waals surface area contributed by atoms with Crippen LogP contribution in [0.2, 0.25) is 10.0 Å². The molecule has 0 unspecified atom stereocenters. The smallest absolute Gasteiger partial charge is 0.160 e. The normalized spacial score (nSPS) is 10.7. The molecule has 2 aromatic rings. The molecule has 1 N–H and O–H groups in total. The van der Waals surface area contributed by atoms with E-state index < -0.39 is 5.82 Å². The van der Waals surface area contributed by atoms with Crippen molar-refractivity contribution >= 4 is 23.2 Å². The van der Waals surface area contributed by atoms with E-state index in [1.54, 1.807) is 6.20 Å². The molecule has 0 radical (unpaired) electrons. The quantitative estimate of drug-likeness (QED) is 0.760. The van der Waals surface area contributed by atoms with Crippen LogP contribution in [0.15, 0.2) is 18.3 Å². The highest BCUT2D eigenvalue weighted by Gasteiger charge is 2.10. The standard InChI is InChI=1S/C10H7Cl2FN2/c1-5-4-14-10(15-5)6-2-7(11)9(13)8(12)3-6/h2-4H,1H3,(H,14,15). The molecule has 0 bridgehead atoms. The minimum Gasteiger partial charge on any atom is -0.342 e. The molecule has 78 valence electrons. The second-order valence-corrected chi connectivity index (χ2v) is 3.98. The first-order chi connectivity index (χ1) is 7.08. The molecule has 1 aromatic heterocycles. The Morgan fingerprint density at radius 2 is 1.87 bits per heavy atom. The van der Waals surface area contributed by atoms with Crippen LogP contribution in [0.4, 0.5) is 4.39 Å². The molecule has 2 nitrogen and oxygen atoms in total. The maximum atomic E-state index is 13.1. The Hall–Kier alpha value is -1.06. The van der Waals surface area contributed by atoms with Crippen molar-refractivity contribution in [3.63, 3.8) is 0 Å². The van der Waals surface area contributed by atoms with Gasteiger partial charge in [0, 0.05) is 17.5 Å². The van der Waals surface area contributed by atoms with Crippen LogP contribution in [-0.2, 0) is 0 Å². The molecule has 0 saturated carbocycles. The van der Waals surface area contributed by atoms with Crippen molar-refractivity contribution < 1.29 is 4.39 Å². The number of aromatic nitrogens is 2. The fourth-order valence-electron chi connectivity index (χ4n) is 1.25. The van der Waals surface area contributed by atoms with Gasteiger partial charge in [0.15, 0.2) is 5.82 Å². The van der Waals surface area contributed by atoms with Crippen molar-refractivity contribution in [1.82, 2.24) is 9.97 Å². The van der Waals surface area contributed by atoms with E-state index in [1.807, 2.05) is 6.92 Å². The first-order valence-electron chi connectivity index (χ1n) is 4.24. The SMILES string of the molecule is Cc1cnc(-c2cc(Cl)c(F)c(Cl)c2)[nH]1. The van der Waals surface area contributed by atoms with Crippen molar-refractivity contribution in [3.8, 4) is 11.4 Å². The first kappa shape index (κ1) is 10.5. The van der Waals surface area contributed by atoms with E-state index in [1.165, 1.54) is 12.1 Å². The molecule has 15 heavy (non-hydrogen) atoms. The summed E-state index contributed by atoms with van der Waals surface area (Å²) >= 11 is 11.3. The van der Waals surface area contributed by atoms with Gasteiger partial charge in [0.05, 0.1) is 10.0 Å². The topological polar surface area (TPSA) is 28.7 Å². The van der Waals surface area contributed by atoms with Crippen LogP contribution in [0.5, 0.6) is 0 Å². The van der Waals surface area contributed by atoms with Crippen molar-refractivity contribution in [2.75, 3.05) is 0 Å². The van der Waals surface area contributed by atoms with Crippen LogP contribution in [0, 0.1) is 12.7 Å². The van der Waals surface area contributed by atoms with Gasteiger partial charge < -0.3 is 4.98 Å². The highest BCUT2D eigenvalue weighted by Crippen LogP contribution is 2.28. The van der Waals surface area contributed by atoms with E-state index in [4.69, 9.17) is 23.2 Å². The summed E-state index contributed by atoms with van der Waals surface area (Å²) in [6, 6.07) is 2.97. The highest BCUT2D eigenvalue weighted by molar-refractivity contribution is 6.35. The largest absolute Gasteiger partial charge is 0.342 e. The van der Waals surface area contributed by atoms with E-state index >= 15 is 0 Å². The molecule has 0 aliphatic rings. The van der Waals surface area contributed by atoms with Gasteiger partial charge >= 0.3 is 0 Å². The first-order valence-corrected chi connectivity index (χ1v) is 5.00. The molecular weight excluding hydrogens is 238 g/mol. The Labute approximate surface area is 96.1 Å². The number of rotatable bonds is 1. The maximum Gasteiger partial charge on any atom is 0.160 e. The van der Waals surface area contributed by atoms with E-state index in [0.29, 0.717) is 11.4 Å². The third-order valence-electron chi connectivity index (χ3n) is 1.96. The zero-order valence-corrected chi connectivity index (χ0v) is 9.33. The monoisotopic (exact) mass is 244 g/mol. The molecule has 0 aliphatic carbocycles. The number of halogens is 3. The average molecular weight is 245 g/mol. The zero-order chi connectivity index (χ0) is 11.0. The van der Waals surface area contributed by atoms with Crippen LogP contribution in [0.3, 0.4) is 0 Å². The zero-order valence-electron chi connectivity index (χ0n) is 7.81. The summed E-state index contributed by atoms with van der Waals surface area (Å²) in [5, 5.41) is -0.0156. The third-order valence-corrected chi connectivity index (χ3v) is 2.51. The number of aryl methyl sites for hydroxylation is 1. The Morgan fingerprint density at radius 3 is 2.33 bits per heavy atom. The van der Waals surface area contributed by atoms with Crippen LogP contribution >= 0.6 is 23.2 Å². The fourth-order valence-corrected chi connectivity index (χ4v) is 1.74. The molecule has 0 aliphatic heterocycles. The van der Waals surface area contributed by atoms with E-state index in [0.717, 1.165) is 5.69 Å². The maximum absolute atomic E-state index is 13.1. The summed E-state index contributed by atoms with van der Waals surface area (Å²) < 4.78 is 13.1. The number of imidazole rings is 1. The average Bonchev–Trinajstić information content (AvgIpc) is 2.60. The molecular formula is C10H7Cl2FN2. The number of benzene rings is 1. The summed E-state index contributed by atoms with van der Waals surface area (Å²) in [5.74, 6) is 0.0154. The predicted molar refractivity (Wildman–Crippen MR) is 58.7 cm³/mol. The third kappa shape index (κ3) is 1.98. The molecule has 0 atom stereocenters. The lowest BCUT2D eigenvalue weighted by Gasteiger charge is -2.01. The molecule has 0 spiro atoms. The molecule has 1 aromatic carbocycles. The number of hydrogen-bond acceptors (Lipinski definition) is 1. The second-order valence-electron chi connectivity index (χ2n) is 3.17. The Morgan fingerprint density at radius 1 is 1.27 bits per heavy atom. The second kappa shape index (κ2) is 3.83. The van der Waals surface area contributed by atoms with E-state index in [2.05, 4.69) is 9.97 Å². The fraction of sp³-hybridized carbons (Fsp3) is 0.100. The van der Waals surface area contributed by atoms with Crippen molar-refractivity contribution in [1.29, 1.82) is 0 Å². The molecule has 0 amide bonds. The Bertz CT molecular complexity index is 485. The Kier molecular flexibility index (Phi) is 2.67. The van der Waals surface area contributed by atoms with Gasteiger partial charge in [-0.3, -0.25) is 0 Å². The summed E-state index contributed by atoms with van der Waals surface area (Å²) in [6.45, 7) is 1.88. The highest BCUT2D eigenvalue weighted by atomic mass is 35.5. The van der Waals surface area contributed by atoms with Gasteiger partial charge in [-0.15, -0.1) is 0 Å². The van der Waals surface area contributed by atoms with Gasteiger partial charge in [0.2, 0.25) is 0 Å². The lowest BCUT2D eigenvalue weighted by molar-refractivity contribution is 0.629. The van der Waals surface area contributed by atoms with Crippen molar-refractivity contribution in [2.45, 2.75) is 6.92 Å². The minimum absolute atomic E-state index is 0.00782. The van der Waals surface area contributed by atoms with Gasteiger partial charge in [-0.25, -0.2) is 9.37 Å². The van der Waals surface area contributed by atoms with Crippen LogP contribution in [-0.4, -0.2) is 9.97 Å². The molecule has 1 heterocycles. The van der Waals surface area contributed by atoms with Crippen LogP contribution in [0.25, 0.3) is 11.4 Å². The van der Waals surface area contributed by atoms with E-state index in [9.17, 15) is 4.39 Å². The van der Waals surface area contributed by atoms with Gasteiger partial charge in [-0.2, -0.15) is 0 Å². The van der Waals surface area contributed by atoms with Crippen molar-refractivity contribution in [2.24, 2.45) is 0 Å². The number of nitrogens with zero attached hydrogens (tertiary/aromatic N) is 1. The summed E-state index contributed by atoms with van der Waals surface area (Å²) in [7, 11) is 0. The Balaban J connectivity index is 2.55.